The molecule has 0 bridgehead atoms. The molecule has 0 heterocycles. The molecule has 1 fully saturated rings. The summed E-state index contributed by atoms with van der Waals surface area (Å²) in [7, 11) is 0. The summed E-state index contributed by atoms with van der Waals surface area (Å²) >= 11 is 0. The number of halogens is 6. The van der Waals surface area contributed by atoms with Crippen LogP contribution in [-0.4, -0.2) is 24.5 Å². The largest absolute Gasteiger partial charge is 0.452 e. The van der Waals surface area contributed by atoms with Gasteiger partial charge in [0.1, 0.15) is 0 Å². The van der Waals surface area contributed by atoms with Crippen LogP contribution in [0.25, 0.3) is 0 Å². The summed E-state index contributed by atoms with van der Waals surface area (Å²) in [6.45, 7) is -0.785. The molecule has 0 aliphatic heterocycles. The summed E-state index contributed by atoms with van der Waals surface area (Å²) in [4.78, 5) is 23.8. The van der Waals surface area contributed by atoms with Gasteiger partial charge < -0.3 is 10.1 Å². The number of esters is 1. The van der Waals surface area contributed by atoms with E-state index in [0.29, 0.717) is 0 Å². The quantitative estimate of drug-likeness (QED) is 0.443. The first-order chi connectivity index (χ1) is 13.0. The van der Waals surface area contributed by atoms with Crippen molar-refractivity contribution < 1.29 is 40.7 Å². The predicted octanol–water partition coefficient (Wildman–Crippen LogP) is 4.72. The van der Waals surface area contributed by atoms with Crippen molar-refractivity contribution in [2.24, 2.45) is 0 Å². The Morgan fingerprint density at radius 3 is 1.86 bits per heavy atom. The van der Waals surface area contributed by atoms with E-state index in [9.17, 15) is 35.9 Å². The van der Waals surface area contributed by atoms with Crippen LogP contribution in [0, 0.1) is 0 Å². The van der Waals surface area contributed by atoms with E-state index in [0.717, 1.165) is 38.5 Å². The molecule has 0 unspecified atom stereocenters. The minimum atomic E-state index is -5.08. The van der Waals surface area contributed by atoms with E-state index >= 15 is 0 Å². The Hall–Kier alpha value is -2.26. The van der Waals surface area contributed by atoms with Crippen molar-refractivity contribution >= 4 is 11.9 Å². The minimum absolute atomic E-state index is 0.0842. The number of hydrogen-bond donors (Lipinski definition) is 1. The summed E-state index contributed by atoms with van der Waals surface area (Å²) in [5.74, 6) is -2.09. The van der Waals surface area contributed by atoms with Gasteiger partial charge in [-0.3, -0.25) is 4.79 Å². The number of carbonyl (C=O) groups excluding carboxylic acids is 2. The molecule has 10 heteroatoms. The highest BCUT2D eigenvalue weighted by molar-refractivity contribution is 5.91. The van der Waals surface area contributed by atoms with E-state index in [2.05, 4.69) is 10.1 Å². The van der Waals surface area contributed by atoms with Crippen LogP contribution in [0.1, 0.15) is 60.0 Å². The zero-order chi connectivity index (χ0) is 20.9. The molecule has 1 aliphatic rings. The Morgan fingerprint density at radius 2 is 1.39 bits per heavy atom. The van der Waals surface area contributed by atoms with E-state index in [4.69, 9.17) is 0 Å². The molecule has 1 amide bonds. The number of nitrogens with one attached hydrogen (secondary N) is 1. The summed E-state index contributed by atoms with van der Waals surface area (Å²) in [6, 6.07) is 0.357. The first-order valence-electron chi connectivity index (χ1n) is 8.73. The minimum Gasteiger partial charge on any atom is -0.452 e. The van der Waals surface area contributed by atoms with Gasteiger partial charge in [-0.15, -0.1) is 0 Å². The number of carbonyl (C=O) groups is 2. The third-order valence-corrected chi connectivity index (χ3v) is 4.38. The van der Waals surface area contributed by atoms with Crippen molar-refractivity contribution in [3.8, 4) is 0 Å². The van der Waals surface area contributed by atoms with Gasteiger partial charge in [-0.25, -0.2) is 4.79 Å². The van der Waals surface area contributed by atoms with Gasteiger partial charge in [0.15, 0.2) is 6.61 Å². The highest BCUT2D eigenvalue weighted by Gasteiger charge is 2.37. The fourth-order valence-corrected chi connectivity index (χ4v) is 2.98. The molecule has 1 saturated carbocycles. The third-order valence-electron chi connectivity index (χ3n) is 4.38. The molecule has 0 aromatic heterocycles. The Balaban J connectivity index is 2.05. The molecule has 156 valence electrons. The Kier molecular flexibility index (Phi) is 6.95. The zero-order valence-corrected chi connectivity index (χ0v) is 14.8. The number of ether oxygens (including phenoxy) is 1. The van der Waals surface area contributed by atoms with Crippen molar-refractivity contribution in [3.63, 3.8) is 0 Å². The van der Waals surface area contributed by atoms with Crippen LogP contribution in [0.15, 0.2) is 18.2 Å². The molecule has 1 N–H and O–H groups in total. The van der Waals surface area contributed by atoms with Crippen molar-refractivity contribution in [2.75, 3.05) is 6.61 Å². The van der Waals surface area contributed by atoms with Gasteiger partial charge in [-0.2, -0.15) is 26.3 Å². The van der Waals surface area contributed by atoms with Gasteiger partial charge in [-0.05, 0) is 31.0 Å². The van der Waals surface area contributed by atoms with Gasteiger partial charge in [0.05, 0.1) is 16.7 Å². The molecule has 0 radical (unpaired) electrons. The summed E-state index contributed by atoms with van der Waals surface area (Å²) < 4.78 is 81.6. The molecular formula is C18H19F6NO3. The maximum absolute atomic E-state index is 12.8. The van der Waals surface area contributed by atoms with Crippen LogP contribution in [0.5, 0.6) is 0 Å². The van der Waals surface area contributed by atoms with Crippen molar-refractivity contribution in [2.45, 2.75) is 56.9 Å². The maximum atomic E-state index is 12.8. The SMILES string of the molecule is O=C(COC(=O)c1cc(C(F)(F)F)cc(C(F)(F)F)c1)NC1CCCCCC1. The monoisotopic (exact) mass is 411 g/mol. The Morgan fingerprint density at radius 1 is 0.893 bits per heavy atom. The van der Waals surface area contributed by atoms with Crippen LogP contribution in [-0.2, 0) is 21.9 Å². The summed E-state index contributed by atoms with van der Waals surface area (Å²) in [5.41, 5.74) is -4.18. The molecular weight excluding hydrogens is 392 g/mol. The zero-order valence-electron chi connectivity index (χ0n) is 14.8. The first-order valence-corrected chi connectivity index (χ1v) is 8.73. The lowest BCUT2D eigenvalue weighted by Crippen LogP contribution is -2.37. The van der Waals surface area contributed by atoms with Crippen LogP contribution in [0.4, 0.5) is 26.3 Å². The van der Waals surface area contributed by atoms with Crippen LogP contribution in [0.3, 0.4) is 0 Å². The lowest BCUT2D eigenvalue weighted by molar-refractivity contribution is -0.143. The average Bonchev–Trinajstić information content (AvgIpc) is 2.86. The molecule has 0 atom stereocenters. The van der Waals surface area contributed by atoms with Gasteiger partial charge in [0, 0.05) is 6.04 Å². The van der Waals surface area contributed by atoms with Gasteiger partial charge in [-0.1, -0.05) is 25.7 Å². The number of rotatable bonds is 4. The van der Waals surface area contributed by atoms with E-state index in [1.807, 2.05) is 0 Å². The van der Waals surface area contributed by atoms with E-state index in [1.165, 1.54) is 0 Å². The van der Waals surface area contributed by atoms with Gasteiger partial charge >= 0.3 is 18.3 Å². The number of hydrogen-bond acceptors (Lipinski definition) is 3. The van der Waals surface area contributed by atoms with Crippen molar-refractivity contribution in [3.05, 3.63) is 34.9 Å². The van der Waals surface area contributed by atoms with E-state index in [-0.39, 0.29) is 24.2 Å². The molecule has 1 aromatic rings. The normalized spacial score (nSPS) is 16.4. The molecule has 4 nitrogen and oxygen atoms in total. The lowest BCUT2D eigenvalue weighted by Gasteiger charge is -2.16. The summed E-state index contributed by atoms with van der Waals surface area (Å²) in [6.07, 6.45) is -4.63. The number of amides is 1. The third kappa shape index (κ3) is 6.42. The molecule has 28 heavy (non-hydrogen) atoms. The van der Waals surface area contributed by atoms with Crippen LogP contribution < -0.4 is 5.32 Å². The predicted molar refractivity (Wildman–Crippen MR) is 86.4 cm³/mol. The van der Waals surface area contributed by atoms with Crippen molar-refractivity contribution in [1.82, 2.24) is 5.32 Å². The molecule has 0 spiro atoms. The van der Waals surface area contributed by atoms with Crippen LogP contribution >= 0.6 is 0 Å². The highest BCUT2D eigenvalue weighted by Crippen LogP contribution is 2.36. The van der Waals surface area contributed by atoms with E-state index in [1.54, 1.807) is 0 Å². The van der Waals surface area contributed by atoms with Gasteiger partial charge in [0.2, 0.25) is 0 Å². The Labute approximate surface area is 157 Å². The molecule has 2 rings (SSSR count). The fourth-order valence-electron chi connectivity index (χ4n) is 2.98. The van der Waals surface area contributed by atoms with Crippen LogP contribution in [0.2, 0.25) is 0 Å². The topological polar surface area (TPSA) is 55.4 Å². The second-order valence-corrected chi connectivity index (χ2v) is 6.63. The first kappa shape index (κ1) is 22.0. The maximum Gasteiger partial charge on any atom is 0.416 e. The Bertz CT molecular complexity index is 674. The fraction of sp³-hybridized carbons (Fsp3) is 0.556. The highest BCUT2D eigenvalue weighted by atomic mass is 19.4. The molecule has 0 saturated heterocycles. The number of alkyl halides is 6. The van der Waals surface area contributed by atoms with Crippen molar-refractivity contribution in [1.29, 1.82) is 0 Å². The number of benzene rings is 1. The second kappa shape index (κ2) is 8.83. The smallest absolute Gasteiger partial charge is 0.416 e. The molecule has 1 aromatic carbocycles. The van der Waals surface area contributed by atoms with E-state index < -0.39 is 47.5 Å². The van der Waals surface area contributed by atoms with Gasteiger partial charge in [0.25, 0.3) is 5.91 Å². The summed E-state index contributed by atoms with van der Waals surface area (Å²) in [5, 5.41) is 2.66. The average molecular weight is 411 g/mol. The standard InChI is InChI=1S/C18H19F6NO3/c19-17(20,21)12-7-11(8-13(9-12)18(22,23)24)16(27)28-10-15(26)25-14-5-3-1-2-4-6-14/h7-9,14H,1-6,10H2,(H,25,26). The lowest BCUT2D eigenvalue weighted by atomic mass is 10.0. The second-order valence-electron chi connectivity index (χ2n) is 6.63. The molecule has 1 aliphatic carbocycles.